The summed E-state index contributed by atoms with van der Waals surface area (Å²) in [5.41, 5.74) is 8.30. The molecule has 2 fully saturated rings. The number of hydrogen-bond donors (Lipinski definition) is 4. The summed E-state index contributed by atoms with van der Waals surface area (Å²) in [5.74, 6) is -0.941. The van der Waals surface area contributed by atoms with Gasteiger partial charge in [0.1, 0.15) is 24.1 Å². The molecule has 0 radical (unpaired) electrons. The largest absolute Gasteiger partial charge is 0.474 e. The highest BCUT2D eigenvalue weighted by Gasteiger charge is 2.35. The number of nitrogens with one attached hydrogen (secondary N) is 2. The van der Waals surface area contributed by atoms with Crippen molar-refractivity contribution in [2.75, 3.05) is 18.9 Å². The van der Waals surface area contributed by atoms with Crippen molar-refractivity contribution in [2.45, 2.75) is 44.3 Å². The third kappa shape index (κ3) is 5.08. The number of carbonyl (C=O) groups is 2. The molecule has 2 aliphatic rings. The number of aromatic nitrogens is 2. The zero-order valence-electron chi connectivity index (χ0n) is 18.7. The molecule has 0 unspecified atom stereocenters. The number of carbonyl (C=O) groups excluding carboxylic acids is 2. The first-order valence-electron chi connectivity index (χ1n) is 11.0. The molecule has 1 aliphatic carbocycles. The Kier molecular flexibility index (Phi) is 6.63. The average Bonchev–Trinajstić information content (AvgIpc) is 3.24. The van der Waals surface area contributed by atoms with Gasteiger partial charge in [-0.05, 0) is 38.3 Å². The standard InChI is InChI=1S/C23H26N6O5/c1-13(16-9-17(30)26-11-16)34-22-18(21(31)29-33-12-23(32)6-3-7-23)19(25)27-20(28-22)15-5-2-4-14(8-15)10-24/h2,4-5,8,13,16,32H,3,6-7,9,11-12H2,1H3,(H,26,30)(H,29,31)(H2,25,27,28)/t13-,16+/m1/s1. The second-order valence-corrected chi connectivity index (χ2v) is 8.69. The van der Waals surface area contributed by atoms with Gasteiger partial charge < -0.3 is 20.9 Å². The molecular weight excluding hydrogens is 440 g/mol. The summed E-state index contributed by atoms with van der Waals surface area (Å²) >= 11 is 0. The van der Waals surface area contributed by atoms with E-state index in [1.54, 1.807) is 31.2 Å². The first-order chi connectivity index (χ1) is 16.3. The van der Waals surface area contributed by atoms with Gasteiger partial charge in [-0.15, -0.1) is 0 Å². The summed E-state index contributed by atoms with van der Waals surface area (Å²) in [4.78, 5) is 38.4. The predicted molar refractivity (Wildman–Crippen MR) is 120 cm³/mol. The van der Waals surface area contributed by atoms with Crippen molar-refractivity contribution in [3.05, 3.63) is 35.4 Å². The van der Waals surface area contributed by atoms with Crippen LogP contribution in [0.25, 0.3) is 11.4 Å². The molecule has 0 spiro atoms. The van der Waals surface area contributed by atoms with Crippen LogP contribution in [0, 0.1) is 17.2 Å². The van der Waals surface area contributed by atoms with E-state index in [0.717, 1.165) is 6.42 Å². The number of benzene rings is 1. The van der Waals surface area contributed by atoms with Gasteiger partial charge in [0.15, 0.2) is 5.82 Å². The maximum Gasteiger partial charge on any atom is 0.284 e. The fraction of sp³-hybridized carbons (Fsp3) is 0.435. The molecule has 1 saturated carbocycles. The zero-order chi connectivity index (χ0) is 24.3. The van der Waals surface area contributed by atoms with Crippen LogP contribution in [0.4, 0.5) is 5.82 Å². The highest BCUT2D eigenvalue weighted by Crippen LogP contribution is 2.32. The average molecular weight is 466 g/mol. The minimum Gasteiger partial charge on any atom is -0.474 e. The van der Waals surface area contributed by atoms with E-state index in [4.69, 9.17) is 15.3 Å². The van der Waals surface area contributed by atoms with Crippen LogP contribution in [0.2, 0.25) is 0 Å². The summed E-state index contributed by atoms with van der Waals surface area (Å²) in [6, 6.07) is 8.70. The molecule has 1 aromatic heterocycles. The van der Waals surface area contributed by atoms with E-state index in [0.29, 0.717) is 36.9 Å². The van der Waals surface area contributed by atoms with E-state index < -0.39 is 17.6 Å². The Hall–Kier alpha value is -3.75. The zero-order valence-corrected chi connectivity index (χ0v) is 18.7. The van der Waals surface area contributed by atoms with Crippen LogP contribution in [-0.2, 0) is 9.63 Å². The lowest BCUT2D eigenvalue weighted by Crippen LogP contribution is -2.44. The number of hydroxylamine groups is 1. The van der Waals surface area contributed by atoms with Crippen LogP contribution in [0.15, 0.2) is 24.3 Å². The summed E-state index contributed by atoms with van der Waals surface area (Å²) < 4.78 is 6.02. The van der Waals surface area contributed by atoms with Crippen LogP contribution in [0.3, 0.4) is 0 Å². The number of rotatable bonds is 8. The van der Waals surface area contributed by atoms with Gasteiger partial charge in [-0.2, -0.15) is 10.2 Å². The number of ether oxygens (including phenoxy) is 1. The van der Waals surface area contributed by atoms with E-state index >= 15 is 0 Å². The molecule has 2 aromatic rings. The fourth-order valence-electron chi connectivity index (χ4n) is 3.86. The molecule has 1 aliphatic heterocycles. The van der Waals surface area contributed by atoms with E-state index in [9.17, 15) is 20.0 Å². The van der Waals surface area contributed by atoms with Crippen LogP contribution in [0.1, 0.15) is 48.5 Å². The molecule has 4 rings (SSSR count). The molecule has 2 heterocycles. The Morgan fingerprint density at radius 1 is 1.44 bits per heavy atom. The van der Waals surface area contributed by atoms with Gasteiger partial charge in [-0.3, -0.25) is 14.4 Å². The number of aliphatic hydroxyl groups is 1. The van der Waals surface area contributed by atoms with Crippen molar-refractivity contribution in [2.24, 2.45) is 5.92 Å². The fourth-order valence-corrected chi connectivity index (χ4v) is 3.86. The van der Waals surface area contributed by atoms with Gasteiger partial charge in [0.25, 0.3) is 5.91 Å². The lowest BCUT2D eigenvalue weighted by molar-refractivity contribution is -0.119. The monoisotopic (exact) mass is 466 g/mol. The quantitative estimate of drug-likeness (QED) is 0.415. The van der Waals surface area contributed by atoms with E-state index in [-0.39, 0.29) is 41.5 Å². The van der Waals surface area contributed by atoms with E-state index in [1.165, 1.54) is 0 Å². The number of nitriles is 1. The van der Waals surface area contributed by atoms with Crippen molar-refractivity contribution in [3.63, 3.8) is 0 Å². The first-order valence-corrected chi connectivity index (χ1v) is 11.0. The minimum atomic E-state index is -0.944. The Labute approximate surface area is 196 Å². The van der Waals surface area contributed by atoms with E-state index in [1.807, 2.05) is 0 Å². The second-order valence-electron chi connectivity index (χ2n) is 8.69. The molecule has 2 atom stereocenters. The second kappa shape index (κ2) is 9.62. The molecular formula is C23H26N6O5. The normalized spacial score (nSPS) is 19.4. The smallest absolute Gasteiger partial charge is 0.284 e. The number of amides is 2. The van der Waals surface area contributed by atoms with Gasteiger partial charge in [-0.25, -0.2) is 10.5 Å². The maximum atomic E-state index is 12.9. The number of hydrogen-bond acceptors (Lipinski definition) is 9. The number of nitrogen functional groups attached to an aromatic ring is 1. The van der Waals surface area contributed by atoms with Crippen LogP contribution < -0.4 is 21.3 Å². The molecule has 34 heavy (non-hydrogen) atoms. The Balaban J connectivity index is 1.62. The minimum absolute atomic E-state index is 0.0546. The lowest BCUT2D eigenvalue weighted by Gasteiger charge is -2.35. The van der Waals surface area contributed by atoms with Crippen LogP contribution in [0.5, 0.6) is 5.88 Å². The van der Waals surface area contributed by atoms with Crippen molar-refractivity contribution < 1.29 is 24.3 Å². The molecule has 11 heteroatoms. The number of anilines is 1. The molecule has 0 bridgehead atoms. The van der Waals surface area contributed by atoms with Crippen molar-refractivity contribution in [1.29, 1.82) is 5.26 Å². The third-order valence-electron chi connectivity index (χ3n) is 6.14. The highest BCUT2D eigenvalue weighted by molar-refractivity contribution is 6.00. The summed E-state index contributed by atoms with van der Waals surface area (Å²) in [7, 11) is 0. The Bertz CT molecular complexity index is 1140. The molecule has 1 saturated heterocycles. The summed E-state index contributed by atoms with van der Waals surface area (Å²) in [5, 5.41) is 22.1. The topological polar surface area (TPSA) is 172 Å². The van der Waals surface area contributed by atoms with Gasteiger partial charge in [0.05, 0.1) is 17.2 Å². The van der Waals surface area contributed by atoms with Gasteiger partial charge in [0.2, 0.25) is 11.8 Å². The molecule has 178 valence electrons. The molecule has 2 amide bonds. The van der Waals surface area contributed by atoms with Crippen molar-refractivity contribution >= 4 is 17.6 Å². The first kappa shape index (κ1) is 23.4. The lowest BCUT2D eigenvalue weighted by atomic mass is 9.81. The molecule has 1 aromatic carbocycles. The van der Waals surface area contributed by atoms with E-state index in [2.05, 4.69) is 26.8 Å². The summed E-state index contributed by atoms with van der Waals surface area (Å²) in [6.45, 7) is 2.17. The Morgan fingerprint density at radius 2 is 2.24 bits per heavy atom. The van der Waals surface area contributed by atoms with Gasteiger partial charge in [0, 0.05) is 24.4 Å². The number of nitrogens with zero attached hydrogens (tertiary/aromatic N) is 3. The molecule has 11 nitrogen and oxygen atoms in total. The van der Waals surface area contributed by atoms with Crippen LogP contribution in [-0.4, -0.2) is 51.7 Å². The van der Waals surface area contributed by atoms with Gasteiger partial charge in [-0.1, -0.05) is 12.1 Å². The highest BCUT2D eigenvalue weighted by atomic mass is 16.7. The Morgan fingerprint density at radius 3 is 2.88 bits per heavy atom. The molecule has 5 N–H and O–H groups in total. The van der Waals surface area contributed by atoms with Gasteiger partial charge >= 0.3 is 0 Å². The predicted octanol–water partition coefficient (Wildman–Crippen LogP) is 1.08. The third-order valence-corrected chi connectivity index (χ3v) is 6.14. The summed E-state index contributed by atoms with van der Waals surface area (Å²) in [6.07, 6.45) is 1.93. The maximum absolute atomic E-state index is 12.9. The SMILES string of the molecule is C[C@@H](Oc1nc(-c2cccc(C#N)c2)nc(N)c1C(=O)NOCC1(O)CCC1)[C@@H]1CNC(=O)C1. The number of nitrogens with two attached hydrogens (primary N) is 1. The van der Waals surface area contributed by atoms with Crippen LogP contribution >= 0.6 is 0 Å². The van der Waals surface area contributed by atoms with Crippen molar-refractivity contribution in [1.82, 2.24) is 20.8 Å². The van der Waals surface area contributed by atoms with Crippen molar-refractivity contribution in [3.8, 4) is 23.3 Å².